The Kier molecular flexibility index (Phi) is 2.45. The summed E-state index contributed by atoms with van der Waals surface area (Å²) in [5, 5.41) is 0. The van der Waals surface area contributed by atoms with Gasteiger partial charge in [-0.2, -0.15) is 0 Å². The third-order valence-corrected chi connectivity index (χ3v) is 2.77. The highest BCUT2D eigenvalue weighted by Gasteiger charge is 2.43. The molecule has 1 aliphatic heterocycles. The molecule has 0 saturated carbocycles. The minimum Gasteiger partial charge on any atom is -0.496 e. The Hall–Kier alpha value is -1.84. The fourth-order valence-electron chi connectivity index (χ4n) is 2.03. The molecule has 0 saturated heterocycles. The molecule has 1 heterocycles. The van der Waals surface area contributed by atoms with Crippen molar-refractivity contribution < 1.29 is 14.3 Å². The second-order valence-corrected chi connectivity index (χ2v) is 5.00. The molecule has 4 heteroatoms. The van der Waals surface area contributed by atoms with Gasteiger partial charge in [0.05, 0.1) is 18.2 Å². The van der Waals surface area contributed by atoms with Crippen molar-refractivity contribution in [1.29, 1.82) is 0 Å². The van der Waals surface area contributed by atoms with Crippen LogP contribution in [-0.2, 0) is 0 Å². The van der Waals surface area contributed by atoms with Crippen molar-refractivity contribution in [2.24, 2.45) is 0 Å². The van der Waals surface area contributed by atoms with Gasteiger partial charge < -0.3 is 4.74 Å². The minimum atomic E-state index is -0.530. The monoisotopic (exact) mass is 233 g/mol. The molecule has 0 atom stereocenters. The van der Waals surface area contributed by atoms with Gasteiger partial charge >= 0.3 is 0 Å². The summed E-state index contributed by atoms with van der Waals surface area (Å²) in [7, 11) is 1.49. The van der Waals surface area contributed by atoms with Crippen LogP contribution in [0.1, 0.15) is 41.5 Å². The van der Waals surface area contributed by atoms with Gasteiger partial charge in [-0.3, -0.25) is 14.5 Å². The topological polar surface area (TPSA) is 46.6 Å². The number of carbonyl (C=O) groups is 2. The molecule has 1 aromatic rings. The van der Waals surface area contributed by atoms with Crippen molar-refractivity contribution in [3.63, 3.8) is 0 Å². The highest BCUT2D eigenvalue weighted by Crippen LogP contribution is 2.34. The van der Waals surface area contributed by atoms with Crippen LogP contribution in [0.25, 0.3) is 0 Å². The lowest BCUT2D eigenvalue weighted by Gasteiger charge is -2.29. The van der Waals surface area contributed by atoms with E-state index in [1.807, 2.05) is 20.8 Å². The van der Waals surface area contributed by atoms with Crippen molar-refractivity contribution in [3.05, 3.63) is 29.3 Å². The molecule has 1 aliphatic rings. The first-order valence-electron chi connectivity index (χ1n) is 5.44. The van der Waals surface area contributed by atoms with E-state index in [9.17, 15) is 9.59 Å². The molecule has 0 radical (unpaired) electrons. The SMILES string of the molecule is COc1cccc2c1C(=O)N(C(C)(C)C)C2=O. The van der Waals surface area contributed by atoms with Crippen LogP contribution in [0.3, 0.4) is 0 Å². The van der Waals surface area contributed by atoms with E-state index in [-0.39, 0.29) is 11.8 Å². The Morgan fingerprint density at radius 3 is 2.29 bits per heavy atom. The van der Waals surface area contributed by atoms with Gasteiger partial charge in [0.25, 0.3) is 11.8 Å². The summed E-state index contributed by atoms with van der Waals surface area (Å²) >= 11 is 0. The van der Waals surface area contributed by atoms with Crippen molar-refractivity contribution in [2.75, 3.05) is 7.11 Å². The van der Waals surface area contributed by atoms with Gasteiger partial charge in [-0.25, -0.2) is 0 Å². The summed E-state index contributed by atoms with van der Waals surface area (Å²) in [5.41, 5.74) is 0.261. The average molecular weight is 233 g/mol. The van der Waals surface area contributed by atoms with E-state index >= 15 is 0 Å². The molecule has 2 amide bonds. The van der Waals surface area contributed by atoms with E-state index in [2.05, 4.69) is 0 Å². The summed E-state index contributed by atoms with van der Waals surface area (Å²) in [5.74, 6) is -0.0843. The minimum absolute atomic E-state index is 0.253. The Bertz CT molecular complexity index is 500. The Balaban J connectivity index is 2.61. The predicted octanol–water partition coefficient (Wildman–Crippen LogP) is 2.09. The summed E-state index contributed by atoms with van der Waals surface area (Å²) in [6.45, 7) is 5.50. The van der Waals surface area contributed by atoms with Crippen LogP contribution in [0.4, 0.5) is 0 Å². The summed E-state index contributed by atoms with van der Waals surface area (Å²) in [6.07, 6.45) is 0. The molecular formula is C13H15NO3. The van der Waals surface area contributed by atoms with Crippen LogP contribution < -0.4 is 4.74 Å². The average Bonchev–Trinajstić information content (AvgIpc) is 2.51. The molecule has 0 unspecified atom stereocenters. The molecule has 1 aromatic carbocycles. The normalized spacial score (nSPS) is 15.2. The molecule has 0 bridgehead atoms. The van der Waals surface area contributed by atoms with Crippen LogP contribution in [0.15, 0.2) is 18.2 Å². The predicted molar refractivity (Wildman–Crippen MR) is 63.2 cm³/mol. The maximum absolute atomic E-state index is 12.3. The van der Waals surface area contributed by atoms with Crippen molar-refractivity contribution in [3.8, 4) is 5.75 Å². The Morgan fingerprint density at radius 2 is 1.76 bits per heavy atom. The second-order valence-electron chi connectivity index (χ2n) is 5.00. The summed E-state index contributed by atoms with van der Waals surface area (Å²) < 4.78 is 5.14. The van der Waals surface area contributed by atoms with Crippen molar-refractivity contribution in [1.82, 2.24) is 4.90 Å². The largest absolute Gasteiger partial charge is 0.496 e. The number of hydrogen-bond acceptors (Lipinski definition) is 3. The van der Waals surface area contributed by atoms with Gasteiger partial charge in [-0.05, 0) is 32.9 Å². The van der Waals surface area contributed by atoms with Gasteiger partial charge in [0, 0.05) is 5.54 Å². The van der Waals surface area contributed by atoms with Gasteiger partial charge in [-0.1, -0.05) is 6.07 Å². The quantitative estimate of drug-likeness (QED) is 0.698. The highest BCUT2D eigenvalue weighted by molar-refractivity contribution is 6.23. The van der Waals surface area contributed by atoms with Gasteiger partial charge in [0.15, 0.2) is 0 Å². The molecule has 0 spiro atoms. The van der Waals surface area contributed by atoms with Crippen LogP contribution >= 0.6 is 0 Å². The number of rotatable bonds is 1. The number of nitrogens with zero attached hydrogens (tertiary/aromatic N) is 1. The first-order valence-corrected chi connectivity index (χ1v) is 5.44. The Morgan fingerprint density at radius 1 is 1.12 bits per heavy atom. The number of carbonyl (C=O) groups excluding carboxylic acids is 2. The molecule has 0 aromatic heterocycles. The second kappa shape index (κ2) is 3.58. The van der Waals surface area contributed by atoms with Crippen molar-refractivity contribution in [2.45, 2.75) is 26.3 Å². The third-order valence-electron chi connectivity index (χ3n) is 2.77. The summed E-state index contributed by atoms with van der Waals surface area (Å²) in [6, 6.07) is 5.06. The van der Waals surface area contributed by atoms with E-state index in [0.29, 0.717) is 16.9 Å². The van der Waals surface area contributed by atoms with E-state index in [1.54, 1.807) is 18.2 Å². The summed E-state index contributed by atoms with van der Waals surface area (Å²) in [4.78, 5) is 25.7. The number of fused-ring (bicyclic) bond motifs is 1. The fourth-order valence-corrected chi connectivity index (χ4v) is 2.03. The van der Waals surface area contributed by atoms with E-state index in [4.69, 9.17) is 4.74 Å². The maximum atomic E-state index is 12.3. The molecule has 4 nitrogen and oxygen atoms in total. The number of imide groups is 1. The van der Waals surface area contributed by atoms with Crippen LogP contribution in [-0.4, -0.2) is 29.4 Å². The molecule has 17 heavy (non-hydrogen) atoms. The molecule has 2 rings (SSSR count). The smallest absolute Gasteiger partial charge is 0.265 e. The zero-order chi connectivity index (χ0) is 12.8. The van der Waals surface area contributed by atoms with Gasteiger partial charge in [0.2, 0.25) is 0 Å². The lowest BCUT2D eigenvalue weighted by molar-refractivity contribution is 0.0507. The highest BCUT2D eigenvalue weighted by atomic mass is 16.5. The third kappa shape index (κ3) is 1.60. The zero-order valence-corrected chi connectivity index (χ0v) is 10.4. The molecular weight excluding hydrogens is 218 g/mol. The van der Waals surface area contributed by atoms with Gasteiger partial charge in [-0.15, -0.1) is 0 Å². The van der Waals surface area contributed by atoms with Crippen LogP contribution in [0, 0.1) is 0 Å². The number of benzene rings is 1. The van der Waals surface area contributed by atoms with E-state index < -0.39 is 5.54 Å². The molecule has 0 aliphatic carbocycles. The number of amides is 2. The number of methoxy groups -OCH3 is 1. The fraction of sp³-hybridized carbons (Fsp3) is 0.385. The lowest BCUT2D eigenvalue weighted by atomic mass is 10.1. The molecule has 90 valence electrons. The van der Waals surface area contributed by atoms with Crippen LogP contribution in [0.2, 0.25) is 0 Å². The van der Waals surface area contributed by atoms with E-state index in [1.165, 1.54) is 12.0 Å². The Labute approximate surface area is 100 Å². The van der Waals surface area contributed by atoms with Crippen LogP contribution in [0.5, 0.6) is 5.75 Å². The standard InChI is InChI=1S/C13H15NO3/c1-13(2,3)14-11(15)8-6-5-7-9(17-4)10(8)12(14)16/h5-7H,1-4H3. The zero-order valence-electron chi connectivity index (χ0n) is 10.4. The van der Waals surface area contributed by atoms with Gasteiger partial charge in [0.1, 0.15) is 5.75 Å². The maximum Gasteiger partial charge on any atom is 0.265 e. The molecule has 0 fully saturated rings. The lowest BCUT2D eigenvalue weighted by Crippen LogP contribution is -2.45. The number of ether oxygens (including phenoxy) is 1. The van der Waals surface area contributed by atoms with E-state index in [0.717, 1.165) is 0 Å². The first-order chi connectivity index (χ1) is 7.88. The number of hydrogen-bond donors (Lipinski definition) is 0. The molecule has 0 N–H and O–H groups in total. The van der Waals surface area contributed by atoms with Crippen molar-refractivity contribution >= 4 is 11.8 Å². The first kappa shape index (κ1) is 11.6.